The van der Waals surface area contributed by atoms with Gasteiger partial charge in [0, 0.05) is 38.5 Å². The van der Waals surface area contributed by atoms with Crippen LogP contribution >= 0.6 is 0 Å². The lowest BCUT2D eigenvalue weighted by Gasteiger charge is -2.37. The third-order valence-corrected chi connectivity index (χ3v) is 5.13. The molecule has 1 aromatic carbocycles. The number of rotatable bonds is 3. The molecule has 7 heteroatoms. The summed E-state index contributed by atoms with van der Waals surface area (Å²) in [7, 11) is 0. The number of furan rings is 1. The molecule has 1 saturated heterocycles. The zero-order valence-corrected chi connectivity index (χ0v) is 15.9. The number of nitrogens with zero attached hydrogens (tertiary/aromatic N) is 3. The highest BCUT2D eigenvalue weighted by molar-refractivity contribution is 6.12. The molecule has 0 atom stereocenters. The van der Waals surface area contributed by atoms with Crippen molar-refractivity contribution in [3.63, 3.8) is 0 Å². The van der Waals surface area contributed by atoms with Crippen LogP contribution in [-0.4, -0.2) is 47.9 Å². The first-order valence-electron chi connectivity index (χ1n) is 9.25. The van der Waals surface area contributed by atoms with Crippen molar-refractivity contribution in [1.82, 2.24) is 9.88 Å². The zero-order valence-electron chi connectivity index (χ0n) is 15.9. The van der Waals surface area contributed by atoms with E-state index in [2.05, 4.69) is 4.90 Å². The Morgan fingerprint density at radius 2 is 1.79 bits per heavy atom. The van der Waals surface area contributed by atoms with Gasteiger partial charge in [0.2, 0.25) is 5.91 Å². The van der Waals surface area contributed by atoms with Crippen LogP contribution in [0.4, 0.5) is 5.69 Å². The van der Waals surface area contributed by atoms with Gasteiger partial charge in [-0.15, -0.1) is 0 Å². The number of pyridine rings is 1. The van der Waals surface area contributed by atoms with Crippen molar-refractivity contribution >= 4 is 28.4 Å². The van der Waals surface area contributed by atoms with Crippen LogP contribution in [0.1, 0.15) is 23.0 Å². The topological polar surface area (TPSA) is 92.7 Å². The number of hydrogen-bond donors (Lipinski definition) is 1. The summed E-state index contributed by atoms with van der Waals surface area (Å²) in [6, 6.07) is 11.2. The molecule has 0 saturated carbocycles. The number of amides is 2. The smallest absolute Gasteiger partial charge is 0.251 e. The van der Waals surface area contributed by atoms with Crippen LogP contribution in [0.2, 0.25) is 0 Å². The standard InChI is InChI=1S/C21H22N4O3/c1-13-7-8-17(28-13)19-20(25-11-9-24(10-12-25)14(2)26)18(21(22)27)15-5-3-4-6-16(15)23-19/h3-8H,9-12H2,1-2H3,(H2,22,27). The van der Waals surface area contributed by atoms with Crippen LogP contribution in [0, 0.1) is 6.92 Å². The Morgan fingerprint density at radius 3 is 2.39 bits per heavy atom. The molecule has 0 bridgehead atoms. The number of aryl methyl sites for hydroxylation is 1. The Morgan fingerprint density at radius 1 is 1.07 bits per heavy atom. The number of fused-ring (bicyclic) bond motifs is 1. The average molecular weight is 378 g/mol. The second-order valence-electron chi connectivity index (χ2n) is 6.97. The van der Waals surface area contributed by atoms with Crippen molar-refractivity contribution in [1.29, 1.82) is 0 Å². The molecule has 0 unspecified atom stereocenters. The molecule has 1 fully saturated rings. The summed E-state index contributed by atoms with van der Waals surface area (Å²) in [6.07, 6.45) is 0. The van der Waals surface area contributed by atoms with E-state index in [4.69, 9.17) is 15.1 Å². The van der Waals surface area contributed by atoms with E-state index < -0.39 is 5.91 Å². The number of aromatic nitrogens is 1. The third kappa shape index (κ3) is 3.09. The van der Waals surface area contributed by atoms with Gasteiger partial charge in [0.1, 0.15) is 11.5 Å². The SMILES string of the molecule is CC(=O)N1CCN(c2c(-c3ccc(C)o3)nc3ccccc3c2C(N)=O)CC1. The molecule has 1 aliphatic heterocycles. The van der Waals surface area contributed by atoms with Crippen LogP contribution in [0.5, 0.6) is 0 Å². The van der Waals surface area contributed by atoms with Gasteiger partial charge in [-0.05, 0) is 25.1 Å². The quantitative estimate of drug-likeness (QED) is 0.756. The fourth-order valence-electron chi connectivity index (χ4n) is 3.74. The monoisotopic (exact) mass is 378 g/mol. The second kappa shape index (κ2) is 6.99. The Hall–Kier alpha value is -3.35. The molecule has 28 heavy (non-hydrogen) atoms. The first-order valence-corrected chi connectivity index (χ1v) is 9.25. The molecule has 0 spiro atoms. The number of carbonyl (C=O) groups excluding carboxylic acids is 2. The molecular formula is C21H22N4O3. The van der Waals surface area contributed by atoms with Crippen LogP contribution in [0.3, 0.4) is 0 Å². The second-order valence-corrected chi connectivity index (χ2v) is 6.97. The summed E-state index contributed by atoms with van der Waals surface area (Å²) in [6.45, 7) is 5.77. The minimum atomic E-state index is -0.507. The Kier molecular flexibility index (Phi) is 4.50. The van der Waals surface area contributed by atoms with Crippen molar-refractivity contribution in [3.05, 3.63) is 47.7 Å². The van der Waals surface area contributed by atoms with Crippen LogP contribution in [0.15, 0.2) is 40.8 Å². The normalized spacial score (nSPS) is 14.5. The van der Waals surface area contributed by atoms with Crippen molar-refractivity contribution < 1.29 is 14.0 Å². The predicted molar refractivity (Wildman–Crippen MR) is 107 cm³/mol. The van der Waals surface area contributed by atoms with Gasteiger partial charge in [0.15, 0.2) is 5.76 Å². The first kappa shape index (κ1) is 18.0. The van der Waals surface area contributed by atoms with Crippen LogP contribution < -0.4 is 10.6 Å². The number of piperazine rings is 1. The summed E-state index contributed by atoms with van der Waals surface area (Å²) in [5.74, 6) is 0.896. The number of primary amides is 1. The molecule has 2 N–H and O–H groups in total. The molecule has 2 aromatic heterocycles. The molecule has 0 radical (unpaired) electrons. The van der Waals surface area contributed by atoms with E-state index in [1.54, 1.807) is 11.8 Å². The van der Waals surface area contributed by atoms with Gasteiger partial charge in [-0.25, -0.2) is 4.98 Å². The fourth-order valence-corrected chi connectivity index (χ4v) is 3.74. The van der Waals surface area contributed by atoms with Crippen molar-refractivity contribution in [2.45, 2.75) is 13.8 Å². The maximum Gasteiger partial charge on any atom is 0.251 e. The van der Waals surface area contributed by atoms with Crippen molar-refractivity contribution in [2.75, 3.05) is 31.1 Å². The molecule has 144 valence electrons. The van der Waals surface area contributed by atoms with Crippen LogP contribution in [-0.2, 0) is 4.79 Å². The highest BCUT2D eigenvalue weighted by atomic mass is 16.3. The molecule has 3 aromatic rings. The maximum atomic E-state index is 12.5. The number of carbonyl (C=O) groups is 2. The molecule has 7 nitrogen and oxygen atoms in total. The van der Waals surface area contributed by atoms with E-state index in [0.717, 1.165) is 5.76 Å². The molecule has 0 aliphatic carbocycles. The van der Waals surface area contributed by atoms with Gasteiger partial charge in [-0.3, -0.25) is 9.59 Å². The van der Waals surface area contributed by atoms with Gasteiger partial charge in [0.05, 0.1) is 16.8 Å². The summed E-state index contributed by atoms with van der Waals surface area (Å²) in [5.41, 5.74) is 8.21. The van der Waals surface area contributed by atoms with Crippen molar-refractivity contribution in [3.8, 4) is 11.5 Å². The number of nitrogens with two attached hydrogens (primary N) is 1. The summed E-state index contributed by atoms with van der Waals surface area (Å²) >= 11 is 0. The first-order chi connectivity index (χ1) is 13.5. The average Bonchev–Trinajstić information content (AvgIpc) is 3.12. The number of para-hydroxylation sites is 1. The molecule has 1 aliphatic rings. The Labute approximate surface area is 162 Å². The summed E-state index contributed by atoms with van der Waals surface area (Å²) in [5, 5.41) is 0.714. The van der Waals surface area contributed by atoms with E-state index in [0.29, 0.717) is 59.8 Å². The number of anilines is 1. The molecule has 2 amide bonds. The fraction of sp³-hybridized carbons (Fsp3) is 0.286. The third-order valence-electron chi connectivity index (χ3n) is 5.13. The van der Waals surface area contributed by atoms with Gasteiger partial charge >= 0.3 is 0 Å². The Balaban J connectivity index is 1.93. The lowest BCUT2D eigenvalue weighted by atomic mass is 10.0. The highest BCUT2D eigenvalue weighted by Crippen LogP contribution is 2.38. The minimum Gasteiger partial charge on any atom is -0.460 e. The summed E-state index contributed by atoms with van der Waals surface area (Å²) in [4.78, 5) is 32.9. The van der Waals surface area contributed by atoms with Gasteiger partial charge < -0.3 is 20.0 Å². The van der Waals surface area contributed by atoms with E-state index >= 15 is 0 Å². The zero-order chi connectivity index (χ0) is 19.8. The molecule has 4 rings (SSSR count). The number of benzene rings is 1. The van der Waals surface area contributed by atoms with Gasteiger partial charge in [-0.2, -0.15) is 0 Å². The van der Waals surface area contributed by atoms with E-state index in [-0.39, 0.29) is 5.91 Å². The Bertz CT molecular complexity index is 1060. The molecular weight excluding hydrogens is 356 g/mol. The lowest BCUT2D eigenvalue weighted by Crippen LogP contribution is -2.48. The predicted octanol–water partition coefficient (Wildman–Crippen LogP) is 2.57. The molecule has 3 heterocycles. The minimum absolute atomic E-state index is 0.0493. The van der Waals surface area contributed by atoms with E-state index in [9.17, 15) is 9.59 Å². The van der Waals surface area contributed by atoms with E-state index in [1.165, 1.54) is 0 Å². The largest absolute Gasteiger partial charge is 0.460 e. The van der Waals surface area contributed by atoms with E-state index in [1.807, 2.05) is 43.3 Å². The summed E-state index contributed by atoms with van der Waals surface area (Å²) < 4.78 is 5.84. The van der Waals surface area contributed by atoms with Gasteiger partial charge in [-0.1, -0.05) is 18.2 Å². The van der Waals surface area contributed by atoms with Crippen molar-refractivity contribution in [2.24, 2.45) is 5.73 Å². The lowest BCUT2D eigenvalue weighted by molar-refractivity contribution is -0.129. The maximum absolute atomic E-state index is 12.5. The number of hydrogen-bond acceptors (Lipinski definition) is 5. The van der Waals surface area contributed by atoms with Gasteiger partial charge in [0.25, 0.3) is 5.91 Å². The highest BCUT2D eigenvalue weighted by Gasteiger charge is 2.28. The van der Waals surface area contributed by atoms with Crippen LogP contribution in [0.25, 0.3) is 22.4 Å².